The van der Waals surface area contributed by atoms with Crippen molar-refractivity contribution in [3.8, 4) is 0 Å². The molecule has 2 heterocycles. The van der Waals surface area contributed by atoms with E-state index in [0.717, 1.165) is 10.5 Å². The summed E-state index contributed by atoms with van der Waals surface area (Å²) >= 11 is 5.67. The molecular formula is C14H11ClN2O4S. The zero-order valence-electron chi connectivity index (χ0n) is 11.2. The van der Waals surface area contributed by atoms with Gasteiger partial charge in [0.1, 0.15) is 16.1 Å². The van der Waals surface area contributed by atoms with Gasteiger partial charge in [0.15, 0.2) is 0 Å². The lowest BCUT2D eigenvalue weighted by Crippen LogP contribution is -2.42. The van der Waals surface area contributed by atoms with Crippen molar-refractivity contribution in [2.75, 3.05) is 4.31 Å². The Hall–Kier alpha value is -2.12. The molecule has 0 amide bonds. The third-order valence-electron chi connectivity index (χ3n) is 3.47. The summed E-state index contributed by atoms with van der Waals surface area (Å²) in [5, 5.41) is 9.53. The van der Waals surface area contributed by atoms with Crippen LogP contribution in [0.1, 0.15) is 5.56 Å². The molecule has 0 unspecified atom stereocenters. The van der Waals surface area contributed by atoms with Gasteiger partial charge in [-0.25, -0.2) is 18.2 Å². The highest BCUT2D eigenvalue weighted by atomic mass is 35.5. The van der Waals surface area contributed by atoms with Crippen LogP contribution in [-0.4, -0.2) is 30.5 Å². The van der Waals surface area contributed by atoms with Gasteiger partial charge in [0.2, 0.25) is 0 Å². The van der Waals surface area contributed by atoms with E-state index in [4.69, 9.17) is 11.6 Å². The van der Waals surface area contributed by atoms with Crippen molar-refractivity contribution >= 4 is 33.3 Å². The zero-order valence-corrected chi connectivity index (χ0v) is 12.8. The second kappa shape index (κ2) is 5.26. The maximum absolute atomic E-state index is 12.8. The van der Waals surface area contributed by atoms with E-state index in [1.807, 2.05) is 0 Å². The fraction of sp³-hybridized carbons (Fsp3) is 0.143. The summed E-state index contributed by atoms with van der Waals surface area (Å²) in [4.78, 5) is 15.1. The number of carbonyl (C=O) groups is 1. The van der Waals surface area contributed by atoms with Gasteiger partial charge in [-0.1, -0.05) is 29.8 Å². The molecule has 1 aromatic carbocycles. The van der Waals surface area contributed by atoms with Crippen LogP contribution in [0.3, 0.4) is 0 Å². The summed E-state index contributed by atoms with van der Waals surface area (Å²) in [5.41, 5.74) is 1.06. The second-order valence-electron chi connectivity index (χ2n) is 4.80. The minimum Gasteiger partial charge on any atom is -0.480 e. The number of carboxylic acids is 1. The topological polar surface area (TPSA) is 87.6 Å². The fourth-order valence-corrected chi connectivity index (χ4v) is 4.17. The van der Waals surface area contributed by atoms with Crippen molar-refractivity contribution in [3.63, 3.8) is 0 Å². The molecule has 6 nitrogen and oxygen atoms in total. The monoisotopic (exact) mass is 338 g/mol. The molecule has 3 rings (SSSR count). The van der Waals surface area contributed by atoms with E-state index in [1.165, 1.54) is 12.1 Å². The molecule has 1 aromatic heterocycles. The lowest BCUT2D eigenvalue weighted by atomic mass is 10.1. The zero-order chi connectivity index (χ0) is 15.9. The lowest BCUT2D eigenvalue weighted by molar-refractivity contribution is -0.138. The first-order valence-corrected chi connectivity index (χ1v) is 8.20. The van der Waals surface area contributed by atoms with Crippen LogP contribution in [0.2, 0.25) is 5.15 Å². The minimum absolute atomic E-state index is 0.0974. The van der Waals surface area contributed by atoms with Gasteiger partial charge in [-0.2, -0.15) is 0 Å². The van der Waals surface area contributed by atoms with Gasteiger partial charge in [-0.05, 0) is 23.8 Å². The Kier molecular flexibility index (Phi) is 3.54. The number of halogens is 1. The fourth-order valence-electron chi connectivity index (χ4n) is 2.47. The molecule has 0 aliphatic carbocycles. The van der Waals surface area contributed by atoms with E-state index in [1.54, 1.807) is 24.3 Å². The van der Waals surface area contributed by atoms with Gasteiger partial charge in [-0.15, -0.1) is 0 Å². The van der Waals surface area contributed by atoms with Crippen LogP contribution in [0.5, 0.6) is 0 Å². The number of pyridine rings is 1. The highest BCUT2D eigenvalue weighted by Crippen LogP contribution is 2.36. The molecule has 0 saturated carbocycles. The van der Waals surface area contributed by atoms with Crippen LogP contribution in [-0.2, 0) is 21.2 Å². The van der Waals surface area contributed by atoms with Crippen LogP contribution in [0.25, 0.3) is 0 Å². The Morgan fingerprint density at radius 2 is 2.00 bits per heavy atom. The molecule has 0 fully saturated rings. The molecule has 0 saturated heterocycles. The van der Waals surface area contributed by atoms with E-state index in [-0.39, 0.29) is 16.5 Å². The number of aliphatic carboxylic acids is 1. The van der Waals surface area contributed by atoms with E-state index < -0.39 is 22.0 Å². The van der Waals surface area contributed by atoms with Crippen molar-refractivity contribution < 1.29 is 18.3 Å². The number of hydrogen-bond acceptors (Lipinski definition) is 4. The molecule has 2 aromatic rings. The largest absolute Gasteiger partial charge is 0.480 e. The van der Waals surface area contributed by atoms with Gasteiger partial charge in [0.05, 0.1) is 5.69 Å². The summed E-state index contributed by atoms with van der Waals surface area (Å²) in [7, 11) is -4.03. The minimum atomic E-state index is -4.03. The summed E-state index contributed by atoms with van der Waals surface area (Å²) in [5.74, 6) is -1.19. The van der Waals surface area contributed by atoms with Gasteiger partial charge >= 0.3 is 5.97 Å². The number of benzene rings is 1. The normalized spacial score (nSPS) is 17.3. The SMILES string of the molecule is O=C(O)[C@H]1Cc2ccccc2N1S(=O)(=O)c1ccc(Cl)nc1. The molecule has 0 radical (unpaired) electrons. The van der Waals surface area contributed by atoms with E-state index in [9.17, 15) is 18.3 Å². The first-order valence-electron chi connectivity index (χ1n) is 6.38. The first-order chi connectivity index (χ1) is 10.4. The number of nitrogens with zero attached hydrogens (tertiary/aromatic N) is 2. The quantitative estimate of drug-likeness (QED) is 0.864. The molecule has 1 N–H and O–H groups in total. The number of rotatable bonds is 3. The van der Waals surface area contributed by atoms with Crippen LogP contribution in [0.4, 0.5) is 5.69 Å². The Morgan fingerprint density at radius 1 is 1.27 bits per heavy atom. The third-order valence-corrected chi connectivity index (χ3v) is 5.50. The van der Waals surface area contributed by atoms with Gasteiger partial charge < -0.3 is 5.11 Å². The Balaban J connectivity index is 2.14. The maximum Gasteiger partial charge on any atom is 0.327 e. The average molecular weight is 339 g/mol. The van der Waals surface area contributed by atoms with Crippen LogP contribution >= 0.6 is 11.6 Å². The number of anilines is 1. The highest BCUT2D eigenvalue weighted by Gasteiger charge is 2.42. The second-order valence-corrected chi connectivity index (χ2v) is 7.01. The summed E-state index contributed by atoms with van der Waals surface area (Å²) in [6.45, 7) is 0. The number of sulfonamides is 1. The van der Waals surface area contributed by atoms with Crippen molar-refractivity contribution in [3.05, 3.63) is 53.3 Å². The Bertz CT molecular complexity index is 836. The molecule has 1 atom stereocenters. The van der Waals surface area contributed by atoms with Crippen LogP contribution in [0.15, 0.2) is 47.5 Å². The molecule has 8 heteroatoms. The molecule has 0 bridgehead atoms. The number of para-hydroxylation sites is 1. The number of hydrogen-bond donors (Lipinski definition) is 1. The molecule has 0 spiro atoms. The van der Waals surface area contributed by atoms with Crippen LogP contribution < -0.4 is 4.31 Å². The van der Waals surface area contributed by atoms with Gasteiger partial charge in [0, 0.05) is 12.6 Å². The molecule has 1 aliphatic rings. The summed E-state index contributed by atoms with van der Waals surface area (Å²) < 4.78 is 26.5. The van der Waals surface area contributed by atoms with Crippen molar-refractivity contribution in [2.24, 2.45) is 0 Å². The van der Waals surface area contributed by atoms with Crippen molar-refractivity contribution in [2.45, 2.75) is 17.4 Å². The van der Waals surface area contributed by atoms with Gasteiger partial charge in [0.25, 0.3) is 10.0 Å². The lowest BCUT2D eigenvalue weighted by Gasteiger charge is -2.24. The highest BCUT2D eigenvalue weighted by molar-refractivity contribution is 7.93. The van der Waals surface area contributed by atoms with Crippen molar-refractivity contribution in [1.29, 1.82) is 0 Å². The summed E-state index contributed by atoms with van der Waals surface area (Å²) in [6.07, 6.45) is 1.25. The smallest absolute Gasteiger partial charge is 0.327 e. The van der Waals surface area contributed by atoms with E-state index in [0.29, 0.717) is 11.3 Å². The summed E-state index contributed by atoms with van der Waals surface area (Å²) in [6, 6.07) is 8.23. The molecule has 1 aliphatic heterocycles. The molecule has 22 heavy (non-hydrogen) atoms. The Morgan fingerprint density at radius 3 is 2.64 bits per heavy atom. The predicted molar refractivity (Wildman–Crippen MR) is 80.5 cm³/mol. The maximum atomic E-state index is 12.8. The standard InChI is InChI=1S/C14H11ClN2O4S/c15-13-6-5-10(8-16-13)22(20,21)17-11-4-2-1-3-9(11)7-12(17)14(18)19/h1-6,8,12H,7H2,(H,18,19)/t12-/m1/s1. The predicted octanol–water partition coefficient (Wildman–Crippen LogP) is 1.94. The number of carboxylic acid groups (broad SMARTS) is 1. The Labute approximate surface area is 132 Å². The first kappa shape index (κ1) is 14.8. The van der Waals surface area contributed by atoms with E-state index >= 15 is 0 Å². The number of fused-ring (bicyclic) bond motifs is 1. The van der Waals surface area contributed by atoms with E-state index in [2.05, 4.69) is 4.98 Å². The third kappa shape index (κ3) is 2.32. The van der Waals surface area contributed by atoms with Gasteiger partial charge in [-0.3, -0.25) is 4.31 Å². The average Bonchev–Trinajstić information content (AvgIpc) is 2.88. The number of aromatic nitrogens is 1. The van der Waals surface area contributed by atoms with Crippen molar-refractivity contribution in [1.82, 2.24) is 4.98 Å². The molecular weight excluding hydrogens is 328 g/mol. The molecule has 114 valence electrons. The van der Waals surface area contributed by atoms with Crippen LogP contribution in [0, 0.1) is 0 Å².